The largest absolute Gasteiger partial charge is 0.456 e. The highest BCUT2D eigenvalue weighted by Gasteiger charge is 2.25. The first-order valence-corrected chi connectivity index (χ1v) is 18.7. The summed E-state index contributed by atoms with van der Waals surface area (Å²) >= 11 is 0. The summed E-state index contributed by atoms with van der Waals surface area (Å²) < 4.78 is 6.15. The topological polar surface area (TPSA) is 16.4 Å². The zero-order valence-electron chi connectivity index (χ0n) is 29.8. The number of rotatable bonds is 7. The van der Waals surface area contributed by atoms with E-state index in [4.69, 9.17) is 4.42 Å². The number of furan rings is 1. The molecule has 9 aromatic rings. The summed E-state index contributed by atoms with van der Waals surface area (Å²) in [5, 5.41) is 2.27. The molecule has 0 amide bonds. The number of hydrogen-bond acceptors (Lipinski definition) is 2. The maximum Gasteiger partial charge on any atom is 0.135 e. The van der Waals surface area contributed by atoms with Gasteiger partial charge in [0.2, 0.25) is 0 Å². The van der Waals surface area contributed by atoms with Gasteiger partial charge in [0.1, 0.15) is 11.2 Å². The van der Waals surface area contributed by atoms with Gasteiger partial charge in [0.05, 0.1) is 11.4 Å². The minimum absolute atomic E-state index is 0.261. The number of fused-ring (bicyclic) bond motifs is 4. The molecule has 1 aliphatic carbocycles. The summed E-state index contributed by atoms with van der Waals surface area (Å²) in [4.78, 5) is 2.47. The fourth-order valence-electron chi connectivity index (χ4n) is 8.21. The molecule has 0 bridgehead atoms. The number of para-hydroxylation sites is 2. The van der Waals surface area contributed by atoms with Crippen molar-refractivity contribution in [3.63, 3.8) is 0 Å². The molecule has 1 aliphatic rings. The van der Waals surface area contributed by atoms with E-state index in [1.165, 1.54) is 38.9 Å². The number of nitrogens with zero attached hydrogens (tertiary/aromatic N) is 1. The van der Waals surface area contributed by atoms with Gasteiger partial charge in [-0.2, -0.15) is 0 Å². The van der Waals surface area contributed by atoms with Crippen LogP contribution < -0.4 is 4.90 Å². The molecule has 1 aromatic heterocycles. The van der Waals surface area contributed by atoms with Crippen molar-refractivity contribution in [2.45, 2.75) is 12.3 Å². The molecule has 0 saturated carbocycles. The SMILES string of the molecule is C1=Cc2ccccc2C(c2ccc(-c3ccccc3)c(N(c3ccc(-c4ccc5oc6ccccc6c5c4)cc3)c3ccccc3-c3ccccc3)c2)C1. The molecular formula is C52H37NO. The molecule has 1 heterocycles. The van der Waals surface area contributed by atoms with Crippen LogP contribution in [0, 0.1) is 0 Å². The lowest BCUT2D eigenvalue weighted by Gasteiger charge is -2.31. The monoisotopic (exact) mass is 691 g/mol. The van der Waals surface area contributed by atoms with Gasteiger partial charge in [-0.15, -0.1) is 0 Å². The van der Waals surface area contributed by atoms with Crippen molar-refractivity contribution in [3.8, 4) is 33.4 Å². The van der Waals surface area contributed by atoms with Crippen LogP contribution in [0.25, 0.3) is 61.4 Å². The Bertz CT molecular complexity index is 2790. The van der Waals surface area contributed by atoms with Crippen LogP contribution in [0.2, 0.25) is 0 Å². The van der Waals surface area contributed by atoms with Crippen molar-refractivity contribution in [1.29, 1.82) is 0 Å². The van der Waals surface area contributed by atoms with Crippen molar-refractivity contribution in [2.75, 3.05) is 4.90 Å². The highest BCUT2D eigenvalue weighted by Crippen LogP contribution is 2.47. The van der Waals surface area contributed by atoms with Crippen LogP contribution in [-0.4, -0.2) is 0 Å². The second-order valence-electron chi connectivity index (χ2n) is 14.0. The predicted molar refractivity (Wildman–Crippen MR) is 227 cm³/mol. The Morgan fingerprint density at radius 2 is 1.09 bits per heavy atom. The minimum atomic E-state index is 0.261. The summed E-state index contributed by atoms with van der Waals surface area (Å²) in [5.41, 5.74) is 16.2. The Labute approximate surface area is 315 Å². The predicted octanol–water partition coefficient (Wildman–Crippen LogP) is 14.6. The summed E-state index contributed by atoms with van der Waals surface area (Å²) in [6.07, 6.45) is 5.55. The molecule has 0 saturated heterocycles. The smallest absolute Gasteiger partial charge is 0.135 e. The molecule has 0 N–H and O–H groups in total. The van der Waals surface area contributed by atoms with Gasteiger partial charge in [-0.3, -0.25) is 0 Å². The van der Waals surface area contributed by atoms with E-state index < -0.39 is 0 Å². The number of allylic oxidation sites excluding steroid dienone is 1. The summed E-state index contributed by atoms with van der Waals surface area (Å²) in [7, 11) is 0. The third kappa shape index (κ3) is 5.70. The molecule has 54 heavy (non-hydrogen) atoms. The lowest BCUT2D eigenvalue weighted by Crippen LogP contribution is -2.14. The van der Waals surface area contributed by atoms with E-state index in [0.717, 1.165) is 56.5 Å². The summed E-state index contributed by atoms with van der Waals surface area (Å²) in [6.45, 7) is 0. The second kappa shape index (κ2) is 13.6. The van der Waals surface area contributed by atoms with Crippen LogP contribution in [0.3, 0.4) is 0 Å². The summed E-state index contributed by atoms with van der Waals surface area (Å²) in [5.74, 6) is 0.261. The minimum Gasteiger partial charge on any atom is -0.456 e. The summed E-state index contributed by atoms with van der Waals surface area (Å²) in [6, 6.07) is 70.1. The molecule has 0 fully saturated rings. The molecule has 10 rings (SSSR count). The lowest BCUT2D eigenvalue weighted by molar-refractivity contribution is 0.669. The Morgan fingerprint density at radius 3 is 1.91 bits per heavy atom. The van der Waals surface area contributed by atoms with Crippen molar-refractivity contribution in [1.82, 2.24) is 0 Å². The fourth-order valence-corrected chi connectivity index (χ4v) is 8.21. The Hall–Kier alpha value is -6.90. The van der Waals surface area contributed by atoms with E-state index in [9.17, 15) is 0 Å². The molecule has 0 radical (unpaired) electrons. The van der Waals surface area contributed by atoms with Gasteiger partial charge in [-0.1, -0.05) is 164 Å². The highest BCUT2D eigenvalue weighted by atomic mass is 16.3. The van der Waals surface area contributed by atoms with Gasteiger partial charge in [-0.25, -0.2) is 0 Å². The molecule has 1 atom stereocenters. The molecule has 0 aliphatic heterocycles. The van der Waals surface area contributed by atoms with Crippen molar-refractivity contribution < 1.29 is 4.42 Å². The third-order valence-corrected chi connectivity index (χ3v) is 10.9. The first-order valence-electron chi connectivity index (χ1n) is 18.7. The van der Waals surface area contributed by atoms with Gasteiger partial charge in [0, 0.05) is 33.5 Å². The number of benzene rings is 8. The Morgan fingerprint density at radius 1 is 0.444 bits per heavy atom. The van der Waals surface area contributed by atoms with Crippen molar-refractivity contribution in [3.05, 3.63) is 217 Å². The van der Waals surface area contributed by atoms with Crippen LogP contribution in [-0.2, 0) is 0 Å². The average molecular weight is 692 g/mol. The molecule has 2 nitrogen and oxygen atoms in total. The zero-order chi connectivity index (χ0) is 35.8. The Kier molecular flexibility index (Phi) is 8.00. The lowest BCUT2D eigenvalue weighted by atomic mass is 9.81. The third-order valence-electron chi connectivity index (χ3n) is 10.9. The Balaban J connectivity index is 1.17. The van der Waals surface area contributed by atoms with E-state index in [1.54, 1.807) is 0 Å². The van der Waals surface area contributed by atoms with Gasteiger partial charge in [-0.05, 0) is 87.8 Å². The van der Waals surface area contributed by atoms with Gasteiger partial charge < -0.3 is 9.32 Å². The van der Waals surface area contributed by atoms with Gasteiger partial charge in [0.15, 0.2) is 0 Å². The average Bonchev–Trinajstić information content (AvgIpc) is 3.63. The van der Waals surface area contributed by atoms with Crippen LogP contribution in [0.4, 0.5) is 17.1 Å². The van der Waals surface area contributed by atoms with Crippen LogP contribution >= 0.6 is 0 Å². The van der Waals surface area contributed by atoms with E-state index >= 15 is 0 Å². The standard InChI is InChI=1S/C52H37NO/c1-3-14-38(15-4-1)45-21-9-11-24-49(45)53(42-30-26-36(27-31-42)40-29-33-52-48(34-40)47-22-10-12-25-51(47)54-52)50-35-41(28-32-46(50)39-16-5-2-6-17-39)44-23-13-19-37-18-7-8-20-43(37)44/h1-22,24-35,44H,23H2. The first-order chi connectivity index (χ1) is 26.8. The van der Waals surface area contributed by atoms with Crippen molar-refractivity contribution in [2.24, 2.45) is 0 Å². The zero-order valence-corrected chi connectivity index (χ0v) is 29.8. The van der Waals surface area contributed by atoms with Crippen molar-refractivity contribution >= 4 is 45.1 Å². The van der Waals surface area contributed by atoms with E-state index in [0.29, 0.717) is 0 Å². The molecule has 2 heteroatoms. The van der Waals surface area contributed by atoms with Gasteiger partial charge in [0.25, 0.3) is 0 Å². The number of anilines is 3. The molecule has 256 valence electrons. The van der Waals surface area contributed by atoms with E-state index in [2.05, 4.69) is 199 Å². The maximum atomic E-state index is 6.15. The second-order valence-corrected chi connectivity index (χ2v) is 14.0. The molecule has 8 aromatic carbocycles. The van der Waals surface area contributed by atoms with Crippen LogP contribution in [0.5, 0.6) is 0 Å². The quantitative estimate of drug-likeness (QED) is 0.165. The maximum absolute atomic E-state index is 6.15. The van der Waals surface area contributed by atoms with E-state index in [-0.39, 0.29) is 5.92 Å². The van der Waals surface area contributed by atoms with Gasteiger partial charge >= 0.3 is 0 Å². The highest BCUT2D eigenvalue weighted by molar-refractivity contribution is 6.06. The number of hydrogen-bond donors (Lipinski definition) is 0. The van der Waals surface area contributed by atoms with Crippen LogP contribution in [0.1, 0.15) is 29.0 Å². The van der Waals surface area contributed by atoms with E-state index in [1.807, 2.05) is 12.1 Å². The first kappa shape index (κ1) is 31.8. The molecular weight excluding hydrogens is 655 g/mol. The fraction of sp³-hybridized carbons (Fsp3) is 0.0385. The normalized spacial score (nSPS) is 13.6. The molecule has 1 unspecified atom stereocenters. The molecule has 0 spiro atoms. The van der Waals surface area contributed by atoms with Crippen LogP contribution in [0.15, 0.2) is 205 Å².